The van der Waals surface area contributed by atoms with Crippen molar-refractivity contribution >= 4 is 53.8 Å². The maximum Gasteiger partial charge on any atom is 0.407 e. The number of hydrogen-bond donors (Lipinski definition) is 3. The lowest BCUT2D eigenvalue weighted by atomic mass is 9.94. The van der Waals surface area contributed by atoms with Crippen LogP contribution in [0.5, 0.6) is 0 Å². The van der Waals surface area contributed by atoms with Crippen molar-refractivity contribution in [2.45, 2.75) is 122 Å². The van der Waals surface area contributed by atoms with E-state index in [9.17, 15) is 48.3 Å². The van der Waals surface area contributed by atoms with Crippen LogP contribution < -0.4 is 10.6 Å². The fourth-order valence-electron chi connectivity index (χ4n) is 7.86. The normalized spacial score (nSPS) is 25.7. The van der Waals surface area contributed by atoms with Crippen LogP contribution in [0.15, 0.2) is 48.5 Å². The first-order valence-corrected chi connectivity index (χ1v) is 20.9. The molecule has 2 heterocycles. The zero-order valence-corrected chi connectivity index (χ0v) is 37.5. The maximum atomic E-state index is 13.2. The molecule has 3 aliphatic rings. The van der Waals surface area contributed by atoms with E-state index in [1.807, 2.05) is 48.5 Å². The van der Waals surface area contributed by atoms with Crippen LogP contribution in [-0.4, -0.2) is 153 Å². The highest BCUT2D eigenvalue weighted by Gasteiger charge is 2.57. The molecular weight excluding hydrogens is 892 g/mol. The Morgan fingerprint density at radius 2 is 1.04 bits per heavy atom. The largest absolute Gasteiger partial charge is 0.480 e. The molecule has 23 nitrogen and oxygen atoms in total. The van der Waals surface area contributed by atoms with Gasteiger partial charge in [-0.15, -0.1) is 0 Å². The van der Waals surface area contributed by atoms with Crippen molar-refractivity contribution in [3.63, 3.8) is 0 Å². The smallest absolute Gasteiger partial charge is 0.407 e. The van der Waals surface area contributed by atoms with Crippen LogP contribution >= 0.6 is 0 Å². The van der Waals surface area contributed by atoms with Crippen molar-refractivity contribution in [3.8, 4) is 11.1 Å². The highest BCUT2D eigenvalue weighted by molar-refractivity contribution is 5.81. The number of carboxylic acid groups (broad SMARTS) is 1. The van der Waals surface area contributed by atoms with E-state index < -0.39 is 141 Å². The second-order valence-electron chi connectivity index (χ2n) is 15.5. The minimum atomic E-state index is -1.90. The molecule has 5 rings (SSSR count). The monoisotopic (exact) mass is 944 g/mol. The highest BCUT2D eigenvalue weighted by Crippen LogP contribution is 2.44. The first-order valence-electron chi connectivity index (χ1n) is 20.9. The molecule has 1 aliphatic carbocycles. The molecule has 2 aliphatic heterocycles. The fraction of sp³-hybridized carbons (Fsp3) is 0.523. The number of ether oxygens (including phenoxy) is 11. The number of fused-ring (bicyclic) bond motifs is 3. The second-order valence-corrected chi connectivity index (χ2v) is 15.5. The molecule has 23 heteroatoms. The molecule has 0 saturated carbocycles. The van der Waals surface area contributed by atoms with Gasteiger partial charge in [0.2, 0.25) is 5.91 Å². The number of benzene rings is 2. The molecule has 2 saturated heterocycles. The van der Waals surface area contributed by atoms with E-state index in [2.05, 4.69) is 10.6 Å². The Bertz CT molecular complexity index is 2140. The lowest BCUT2D eigenvalue weighted by Crippen LogP contribution is -2.69. The summed E-state index contributed by atoms with van der Waals surface area (Å²) in [6, 6.07) is 11.8. The van der Waals surface area contributed by atoms with Gasteiger partial charge in [-0.3, -0.25) is 33.6 Å². The molecule has 364 valence electrons. The molecule has 0 bridgehead atoms. The van der Waals surface area contributed by atoms with Gasteiger partial charge in [-0.25, -0.2) is 9.59 Å². The van der Waals surface area contributed by atoms with Gasteiger partial charge >= 0.3 is 47.9 Å². The van der Waals surface area contributed by atoms with Crippen LogP contribution in [0.3, 0.4) is 0 Å². The second kappa shape index (κ2) is 23.2. The number of carbonyl (C=O) groups excluding carboxylic acids is 8. The van der Waals surface area contributed by atoms with Crippen LogP contribution in [0.1, 0.15) is 65.5 Å². The average molecular weight is 945 g/mol. The van der Waals surface area contributed by atoms with E-state index in [0.29, 0.717) is 0 Å². The van der Waals surface area contributed by atoms with Crippen LogP contribution in [-0.2, 0) is 90.5 Å². The number of amides is 2. The Morgan fingerprint density at radius 1 is 0.567 bits per heavy atom. The summed E-state index contributed by atoms with van der Waals surface area (Å²) in [4.78, 5) is 113. The highest BCUT2D eigenvalue weighted by atomic mass is 16.8. The first kappa shape index (κ1) is 51.3. The van der Waals surface area contributed by atoms with Gasteiger partial charge < -0.3 is 67.8 Å². The summed E-state index contributed by atoms with van der Waals surface area (Å²) in [5.41, 5.74) is 3.76. The van der Waals surface area contributed by atoms with Crippen molar-refractivity contribution in [2.75, 3.05) is 26.4 Å². The number of hydrogen-bond acceptors (Lipinski definition) is 20. The van der Waals surface area contributed by atoms with Gasteiger partial charge in [-0.05, 0) is 22.3 Å². The number of carboxylic acids is 1. The van der Waals surface area contributed by atoms with Crippen molar-refractivity contribution in [1.82, 2.24) is 10.6 Å². The van der Waals surface area contributed by atoms with E-state index >= 15 is 0 Å². The van der Waals surface area contributed by atoms with E-state index in [1.54, 1.807) is 0 Å². The Hall–Kier alpha value is -6.69. The minimum Gasteiger partial charge on any atom is -0.480 e. The van der Waals surface area contributed by atoms with E-state index in [0.717, 1.165) is 70.7 Å². The zero-order chi connectivity index (χ0) is 49.1. The number of alkyl carbamates (subject to hydrolysis) is 1. The lowest BCUT2D eigenvalue weighted by molar-refractivity contribution is -0.350. The molecule has 11 atom stereocenters. The van der Waals surface area contributed by atoms with Gasteiger partial charge in [0.15, 0.2) is 43.0 Å². The van der Waals surface area contributed by atoms with Gasteiger partial charge in [0.25, 0.3) is 0 Å². The number of carbonyl (C=O) groups is 9. The SMILES string of the molecule is CC(=O)N[C@H]1[C@@H](OC[C@H](NC(=O)OCC2c3ccccc3-c3ccccc32)C(=O)O)O[C@H](COC(C)=O)[C@@H](O[C@@H]2O[C@H](COC(C)=O)[C@H](OC(C)=O)[C@H](OC(C)=O)[C@H]2OC(C)=O)[C@@H]1OC(C)=O. The Kier molecular flexibility index (Phi) is 17.7. The summed E-state index contributed by atoms with van der Waals surface area (Å²) in [7, 11) is 0. The average Bonchev–Trinajstić information content (AvgIpc) is 3.56. The van der Waals surface area contributed by atoms with Crippen molar-refractivity contribution < 1.29 is 100 Å². The Balaban J connectivity index is 1.43. The summed E-state index contributed by atoms with van der Waals surface area (Å²) in [5.74, 6) is -8.10. The number of aliphatic carboxylic acids is 1. The predicted octanol–water partition coefficient (Wildman–Crippen LogP) is 1.19. The van der Waals surface area contributed by atoms with Crippen LogP contribution in [0.25, 0.3) is 11.1 Å². The standard InChI is InChI=1S/C44H52N2O21/c1-20(47)45-35-38(62-24(5)51)36(67-43-40(64-26(7)53)39(63-25(6)52)37(61-23(4)50)34(66-43)19-58-22(3)49)33(18-57-21(2)48)65-42(35)59-17-32(41(54)55)46-44(56)60-16-31-29-14-10-8-12-27(29)28-13-9-11-15-30(28)31/h8-15,31-40,42-43H,16-19H2,1-7H3,(H,45,47)(H,46,56)(H,54,55)/t32-,33+,34+,35+,36+,37-,38+,39-,40+,42-,43-/m0/s1. The molecule has 2 aromatic carbocycles. The summed E-state index contributed by atoms with van der Waals surface area (Å²) in [6.45, 7) is 4.90. The fourth-order valence-corrected chi connectivity index (χ4v) is 7.86. The predicted molar refractivity (Wildman–Crippen MR) is 221 cm³/mol. The maximum absolute atomic E-state index is 13.2. The molecule has 0 spiro atoms. The van der Waals surface area contributed by atoms with Crippen LogP contribution in [0, 0.1) is 0 Å². The minimum absolute atomic E-state index is 0.147. The molecule has 3 N–H and O–H groups in total. The van der Waals surface area contributed by atoms with Crippen molar-refractivity contribution in [1.29, 1.82) is 0 Å². The van der Waals surface area contributed by atoms with Gasteiger partial charge in [-0.2, -0.15) is 0 Å². The molecule has 0 unspecified atom stereocenters. The lowest BCUT2D eigenvalue weighted by Gasteiger charge is -2.49. The van der Waals surface area contributed by atoms with Crippen molar-refractivity contribution in [3.05, 3.63) is 59.7 Å². The van der Waals surface area contributed by atoms with Crippen LogP contribution in [0.2, 0.25) is 0 Å². The topological polar surface area (TPSA) is 299 Å². The molecular formula is C44H52N2O21. The van der Waals surface area contributed by atoms with Gasteiger partial charge in [0.1, 0.15) is 44.2 Å². The molecule has 2 fully saturated rings. The first-order chi connectivity index (χ1) is 31.7. The number of esters is 6. The Morgan fingerprint density at radius 3 is 1.55 bits per heavy atom. The van der Waals surface area contributed by atoms with E-state index in [-0.39, 0.29) is 12.5 Å². The molecule has 0 aromatic heterocycles. The molecule has 67 heavy (non-hydrogen) atoms. The van der Waals surface area contributed by atoms with Gasteiger partial charge in [0.05, 0.1) is 6.61 Å². The summed E-state index contributed by atoms with van der Waals surface area (Å²) in [5, 5.41) is 14.9. The van der Waals surface area contributed by atoms with E-state index in [4.69, 9.17) is 52.1 Å². The molecule has 2 amide bonds. The summed E-state index contributed by atoms with van der Waals surface area (Å²) >= 11 is 0. The molecule has 0 radical (unpaired) electrons. The zero-order valence-electron chi connectivity index (χ0n) is 37.5. The number of nitrogens with one attached hydrogen (secondary N) is 2. The summed E-state index contributed by atoms with van der Waals surface area (Å²) < 4.78 is 62.5. The summed E-state index contributed by atoms with van der Waals surface area (Å²) in [6.07, 6.45) is -16.3. The number of rotatable bonds is 18. The third-order valence-corrected chi connectivity index (χ3v) is 10.4. The van der Waals surface area contributed by atoms with Gasteiger partial charge in [0, 0.05) is 54.4 Å². The van der Waals surface area contributed by atoms with Crippen LogP contribution in [0.4, 0.5) is 4.79 Å². The third-order valence-electron chi connectivity index (χ3n) is 10.4. The quantitative estimate of drug-likeness (QED) is 0.140. The van der Waals surface area contributed by atoms with E-state index in [1.165, 1.54) is 0 Å². The third kappa shape index (κ3) is 13.7. The van der Waals surface area contributed by atoms with Crippen molar-refractivity contribution in [2.24, 2.45) is 0 Å². The molecule has 2 aromatic rings. The Labute approximate surface area is 383 Å². The van der Waals surface area contributed by atoms with Gasteiger partial charge in [-0.1, -0.05) is 48.5 Å².